The predicted octanol–water partition coefficient (Wildman–Crippen LogP) is 0.0404. The number of esters is 1. The molecule has 2 atom stereocenters. The molecule has 1 aromatic carbocycles. The van der Waals surface area contributed by atoms with E-state index in [0.717, 1.165) is 25.3 Å². The van der Waals surface area contributed by atoms with Gasteiger partial charge in [0.25, 0.3) is 0 Å². The lowest BCUT2D eigenvalue weighted by molar-refractivity contribution is -0.144. The maximum absolute atomic E-state index is 11.1. The highest BCUT2D eigenvalue weighted by molar-refractivity contribution is 5.93. The number of carbonyl (C=O) groups excluding carboxylic acids is 1. The first-order valence-corrected chi connectivity index (χ1v) is 5.81. The maximum Gasteiger partial charge on any atom is 0.336 e. The van der Waals surface area contributed by atoms with Gasteiger partial charge in [-0.3, -0.25) is 4.79 Å². The van der Waals surface area contributed by atoms with Crippen molar-refractivity contribution >= 4 is 17.9 Å². The van der Waals surface area contributed by atoms with E-state index in [1.54, 1.807) is 0 Å². The average molecular weight is 298 g/mol. The number of aromatic carboxylic acids is 2. The highest BCUT2D eigenvalue weighted by atomic mass is 16.5. The van der Waals surface area contributed by atoms with Crippen LogP contribution in [0.4, 0.5) is 0 Å². The van der Waals surface area contributed by atoms with E-state index >= 15 is 0 Å². The van der Waals surface area contributed by atoms with E-state index in [9.17, 15) is 24.6 Å². The molecule has 8 heteroatoms. The van der Waals surface area contributed by atoms with Crippen LogP contribution in [0.5, 0.6) is 0 Å². The standard InChI is InChI=1S/C13H14O8/c1-21-10(15)5-9(14)11(16)8-4-6(12(17)18)2-3-7(8)13(19)20/h2-4,9,11,14,16H,5H2,1H3,(H,17,18)(H,19,20). The van der Waals surface area contributed by atoms with Crippen LogP contribution in [0.3, 0.4) is 0 Å². The maximum atomic E-state index is 11.1. The molecule has 0 radical (unpaired) electrons. The summed E-state index contributed by atoms with van der Waals surface area (Å²) >= 11 is 0. The van der Waals surface area contributed by atoms with E-state index in [-0.39, 0.29) is 16.7 Å². The van der Waals surface area contributed by atoms with Crippen LogP contribution in [0.2, 0.25) is 0 Å². The Balaban J connectivity index is 3.18. The first-order chi connectivity index (χ1) is 9.77. The zero-order valence-electron chi connectivity index (χ0n) is 11.0. The normalized spacial score (nSPS) is 13.3. The molecule has 1 aromatic rings. The molecule has 0 aromatic heterocycles. The van der Waals surface area contributed by atoms with Crippen molar-refractivity contribution in [2.75, 3.05) is 7.11 Å². The van der Waals surface area contributed by atoms with E-state index < -0.39 is 36.5 Å². The second-order valence-electron chi connectivity index (χ2n) is 4.20. The summed E-state index contributed by atoms with van der Waals surface area (Å²) < 4.78 is 4.33. The Kier molecular flexibility index (Phi) is 5.39. The quantitative estimate of drug-likeness (QED) is 0.539. The number of methoxy groups -OCH3 is 1. The van der Waals surface area contributed by atoms with Crippen molar-refractivity contribution in [1.82, 2.24) is 0 Å². The van der Waals surface area contributed by atoms with Gasteiger partial charge in [0.15, 0.2) is 0 Å². The van der Waals surface area contributed by atoms with Gasteiger partial charge in [-0.15, -0.1) is 0 Å². The van der Waals surface area contributed by atoms with Crippen molar-refractivity contribution in [2.24, 2.45) is 0 Å². The van der Waals surface area contributed by atoms with Gasteiger partial charge in [-0.05, 0) is 23.8 Å². The molecule has 114 valence electrons. The molecule has 21 heavy (non-hydrogen) atoms. The van der Waals surface area contributed by atoms with Crippen molar-refractivity contribution in [3.8, 4) is 0 Å². The van der Waals surface area contributed by atoms with Gasteiger partial charge < -0.3 is 25.2 Å². The van der Waals surface area contributed by atoms with Gasteiger partial charge in [0.1, 0.15) is 6.10 Å². The number of carboxylic acids is 2. The first kappa shape index (κ1) is 16.6. The Labute approximate surface area is 119 Å². The van der Waals surface area contributed by atoms with Crippen molar-refractivity contribution in [2.45, 2.75) is 18.6 Å². The fourth-order valence-corrected chi connectivity index (χ4v) is 1.71. The summed E-state index contributed by atoms with van der Waals surface area (Å²) in [4.78, 5) is 33.0. The molecule has 0 spiro atoms. The van der Waals surface area contributed by atoms with E-state index in [1.165, 1.54) is 0 Å². The van der Waals surface area contributed by atoms with Crippen molar-refractivity contribution in [3.63, 3.8) is 0 Å². The second kappa shape index (κ2) is 6.82. The number of benzene rings is 1. The molecule has 0 aliphatic heterocycles. The van der Waals surface area contributed by atoms with E-state index in [2.05, 4.69) is 4.74 Å². The Morgan fingerprint density at radius 3 is 2.24 bits per heavy atom. The summed E-state index contributed by atoms with van der Waals surface area (Å²) in [6.07, 6.45) is -3.93. The van der Waals surface area contributed by atoms with Crippen LogP contribution in [0, 0.1) is 0 Å². The Hall–Kier alpha value is -2.45. The third-order valence-corrected chi connectivity index (χ3v) is 2.82. The van der Waals surface area contributed by atoms with E-state index in [1.807, 2.05) is 0 Å². The fraction of sp³-hybridized carbons (Fsp3) is 0.308. The molecule has 2 unspecified atom stereocenters. The predicted molar refractivity (Wildman–Crippen MR) is 68.0 cm³/mol. The van der Waals surface area contributed by atoms with Crippen LogP contribution >= 0.6 is 0 Å². The number of hydrogen-bond donors (Lipinski definition) is 4. The molecule has 0 bridgehead atoms. The largest absolute Gasteiger partial charge is 0.478 e. The third kappa shape index (κ3) is 4.01. The first-order valence-electron chi connectivity index (χ1n) is 5.81. The van der Waals surface area contributed by atoms with Gasteiger partial charge in [0, 0.05) is 0 Å². The van der Waals surface area contributed by atoms with Gasteiger partial charge >= 0.3 is 17.9 Å². The van der Waals surface area contributed by atoms with Gasteiger partial charge in [-0.1, -0.05) is 0 Å². The van der Waals surface area contributed by atoms with Crippen LogP contribution in [-0.4, -0.2) is 51.5 Å². The number of aliphatic hydroxyl groups excluding tert-OH is 2. The fourth-order valence-electron chi connectivity index (χ4n) is 1.71. The highest BCUT2D eigenvalue weighted by Gasteiger charge is 2.27. The SMILES string of the molecule is COC(=O)CC(O)C(O)c1cc(C(=O)O)ccc1C(=O)O. The second-order valence-corrected chi connectivity index (χ2v) is 4.20. The lowest BCUT2D eigenvalue weighted by Crippen LogP contribution is -2.24. The minimum atomic E-state index is -1.74. The summed E-state index contributed by atoms with van der Waals surface area (Å²) in [5.41, 5.74) is -0.908. The van der Waals surface area contributed by atoms with Crippen molar-refractivity contribution in [1.29, 1.82) is 0 Å². The average Bonchev–Trinajstić information content (AvgIpc) is 2.45. The topological polar surface area (TPSA) is 141 Å². The van der Waals surface area contributed by atoms with Gasteiger partial charge in [0.2, 0.25) is 0 Å². The molecule has 0 heterocycles. The lowest BCUT2D eigenvalue weighted by Gasteiger charge is -2.19. The Morgan fingerprint density at radius 2 is 1.76 bits per heavy atom. The number of aliphatic hydroxyl groups is 2. The van der Waals surface area contributed by atoms with E-state index in [0.29, 0.717) is 0 Å². The number of carboxylic acid groups (broad SMARTS) is 2. The Morgan fingerprint density at radius 1 is 1.14 bits per heavy atom. The number of carbonyl (C=O) groups is 3. The van der Waals surface area contributed by atoms with E-state index in [4.69, 9.17) is 10.2 Å². The van der Waals surface area contributed by atoms with Crippen molar-refractivity contribution in [3.05, 3.63) is 34.9 Å². The summed E-state index contributed by atoms with van der Waals surface area (Å²) in [5, 5.41) is 37.6. The van der Waals surface area contributed by atoms with Gasteiger partial charge in [-0.2, -0.15) is 0 Å². The molecule has 0 amide bonds. The van der Waals surface area contributed by atoms with Gasteiger partial charge in [0.05, 0.1) is 30.8 Å². The minimum absolute atomic E-state index is 0.251. The van der Waals surface area contributed by atoms with Crippen molar-refractivity contribution < 1.29 is 39.5 Å². The summed E-state index contributed by atoms with van der Waals surface area (Å²) in [7, 11) is 1.09. The zero-order valence-corrected chi connectivity index (χ0v) is 11.0. The molecular formula is C13H14O8. The van der Waals surface area contributed by atoms with Gasteiger partial charge in [-0.25, -0.2) is 9.59 Å². The molecule has 0 saturated heterocycles. The monoisotopic (exact) mass is 298 g/mol. The molecule has 0 fully saturated rings. The zero-order chi connectivity index (χ0) is 16.2. The number of rotatable bonds is 6. The summed E-state index contributed by atoms with van der Waals surface area (Å²) in [6.45, 7) is 0. The smallest absolute Gasteiger partial charge is 0.336 e. The van der Waals surface area contributed by atoms with Crippen LogP contribution in [-0.2, 0) is 9.53 Å². The van der Waals surface area contributed by atoms with Crippen LogP contribution in [0.15, 0.2) is 18.2 Å². The van der Waals surface area contributed by atoms with Crippen LogP contribution in [0.1, 0.15) is 38.8 Å². The lowest BCUT2D eigenvalue weighted by atomic mass is 9.95. The number of ether oxygens (including phenoxy) is 1. The molecule has 0 aliphatic rings. The summed E-state index contributed by atoms with van der Waals surface area (Å²) in [6, 6.07) is 3.01. The Bertz CT molecular complexity index is 565. The summed E-state index contributed by atoms with van der Waals surface area (Å²) in [5.74, 6) is -3.51. The molecular weight excluding hydrogens is 284 g/mol. The molecule has 1 rings (SSSR count). The van der Waals surface area contributed by atoms with Crippen LogP contribution < -0.4 is 0 Å². The molecule has 0 aliphatic carbocycles. The van der Waals surface area contributed by atoms with Crippen LogP contribution in [0.25, 0.3) is 0 Å². The third-order valence-electron chi connectivity index (χ3n) is 2.82. The molecule has 0 saturated carbocycles. The minimum Gasteiger partial charge on any atom is -0.478 e. The highest BCUT2D eigenvalue weighted by Crippen LogP contribution is 2.24. The molecule has 8 nitrogen and oxygen atoms in total. The molecule has 4 N–H and O–H groups in total. The number of hydrogen-bond acceptors (Lipinski definition) is 6.